The summed E-state index contributed by atoms with van der Waals surface area (Å²) in [5.74, 6) is 1.90. The van der Waals surface area contributed by atoms with Crippen LogP contribution in [0, 0.1) is 0 Å². The topological polar surface area (TPSA) is 35.4 Å². The Morgan fingerprint density at radius 3 is 2.81 bits per heavy atom. The second kappa shape index (κ2) is 7.74. The summed E-state index contributed by atoms with van der Waals surface area (Å²) in [5, 5.41) is 0.750. The number of para-hydroxylation sites is 2. The van der Waals surface area contributed by atoms with Crippen LogP contribution in [0.1, 0.15) is 11.1 Å². The number of anilines is 1. The lowest BCUT2D eigenvalue weighted by Gasteiger charge is -2.34. The lowest BCUT2D eigenvalue weighted by Crippen LogP contribution is -3.13. The summed E-state index contributed by atoms with van der Waals surface area (Å²) in [6.07, 6.45) is 0. The zero-order chi connectivity index (χ0) is 17.9. The lowest BCUT2D eigenvalue weighted by atomic mass is 10.1. The SMILES string of the molecule is COc1ccccc1N1CC[NH+](Cc2cc(Cl)cc3c2OCOC3)CC1. The van der Waals surface area contributed by atoms with E-state index in [0.29, 0.717) is 13.4 Å². The van der Waals surface area contributed by atoms with Crippen molar-refractivity contribution in [2.24, 2.45) is 0 Å². The van der Waals surface area contributed by atoms with E-state index >= 15 is 0 Å². The number of hydrogen-bond donors (Lipinski definition) is 1. The van der Waals surface area contributed by atoms with Crippen LogP contribution in [0.25, 0.3) is 0 Å². The van der Waals surface area contributed by atoms with Crippen molar-refractivity contribution in [2.45, 2.75) is 13.2 Å². The molecule has 0 atom stereocenters. The Bertz CT molecular complexity index is 776. The third-order valence-corrected chi connectivity index (χ3v) is 5.31. The number of methoxy groups -OCH3 is 1. The molecule has 2 aromatic carbocycles. The summed E-state index contributed by atoms with van der Waals surface area (Å²) in [4.78, 5) is 3.94. The van der Waals surface area contributed by atoms with Crippen LogP contribution in [0.15, 0.2) is 36.4 Å². The minimum atomic E-state index is 0.318. The van der Waals surface area contributed by atoms with Crippen LogP contribution in [-0.4, -0.2) is 40.1 Å². The van der Waals surface area contributed by atoms with Gasteiger partial charge in [0.05, 0.1) is 51.1 Å². The molecule has 0 unspecified atom stereocenters. The normalized spacial score (nSPS) is 17.5. The van der Waals surface area contributed by atoms with E-state index in [2.05, 4.69) is 17.0 Å². The third-order valence-electron chi connectivity index (χ3n) is 5.09. The van der Waals surface area contributed by atoms with Crippen molar-refractivity contribution >= 4 is 17.3 Å². The number of hydrogen-bond acceptors (Lipinski definition) is 4. The lowest BCUT2D eigenvalue weighted by molar-refractivity contribution is -0.914. The van der Waals surface area contributed by atoms with Gasteiger partial charge in [-0.3, -0.25) is 0 Å². The van der Waals surface area contributed by atoms with Crippen molar-refractivity contribution in [3.8, 4) is 11.5 Å². The Morgan fingerprint density at radius 1 is 1.19 bits per heavy atom. The Morgan fingerprint density at radius 2 is 2.00 bits per heavy atom. The average molecular weight is 376 g/mol. The van der Waals surface area contributed by atoms with Gasteiger partial charge in [0.1, 0.15) is 18.0 Å². The summed E-state index contributed by atoms with van der Waals surface area (Å²) in [7, 11) is 1.73. The number of ether oxygens (including phenoxy) is 3. The van der Waals surface area contributed by atoms with Crippen molar-refractivity contribution in [2.75, 3.05) is 45.0 Å². The minimum absolute atomic E-state index is 0.318. The Hall–Kier alpha value is -1.95. The zero-order valence-electron chi connectivity index (χ0n) is 15.0. The molecule has 0 radical (unpaired) electrons. The maximum absolute atomic E-state index is 6.29. The van der Waals surface area contributed by atoms with Gasteiger partial charge >= 0.3 is 0 Å². The van der Waals surface area contributed by atoms with Crippen LogP contribution in [0.2, 0.25) is 5.02 Å². The van der Waals surface area contributed by atoms with Gasteiger partial charge in [0.25, 0.3) is 0 Å². The van der Waals surface area contributed by atoms with Crippen LogP contribution < -0.4 is 19.3 Å². The highest BCUT2D eigenvalue weighted by Gasteiger charge is 2.25. The van der Waals surface area contributed by atoms with Crippen molar-refractivity contribution in [3.63, 3.8) is 0 Å². The molecule has 4 rings (SSSR count). The van der Waals surface area contributed by atoms with E-state index in [9.17, 15) is 0 Å². The molecular formula is C20H24ClN2O3+. The van der Waals surface area contributed by atoms with Gasteiger partial charge in [-0.25, -0.2) is 0 Å². The van der Waals surface area contributed by atoms with E-state index in [1.165, 1.54) is 16.2 Å². The molecule has 0 bridgehead atoms. The van der Waals surface area contributed by atoms with E-state index < -0.39 is 0 Å². The summed E-state index contributed by atoms with van der Waals surface area (Å²) in [5.41, 5.74) is 3.40. The first kappa shape index (κ1) is 17.5. The number of piperazine rings is 1. The first-order valence-corrected chi connectivity index (χ1v) is 9.36. The van der Waals surface area contributed by atoms with Gasteiger partial charge < -0.3 is 24.0 Å². The van der Waals surface area contributed by atoms with Crippen LogP contribution in [0.4, 0.5) is 5.69 Å². The molecule has 2 aromatic rings. The molecule has 2 aliphatic rings. The van der Waals surface area contributed by atoms with Gasteiger partial charge in [-0.1, -0.05) is 23.7 Å². The molecule has 26 heavy (non-hydrogen) atoms. The number of halogens is 1. The van der Waals surface area contributed by atoms with Gasteiger partial charge in [0, 0.05) is 10.6 Å². The fraction of sp³-hybridized carbons (Fsp3) is 0.400. The van der Waals surface area contributed by atoms with Gasteiger partial charge in [-0.15, -0.1) is 0 Å². The highest BCUT2D eigenvalue weighted by molar-refractivity contribution is 6.30. The molecule has 2 heterocycles. The van der Waals surface area contributed by atoms with Gasteiger partial charge in [0.2, 0.25) is 0 Å². The Balaban J connectivity index is 1.44. The molecule has 0 aliphatic carbocycles. The molecule has 0 spiro atoms. The minimum Gasteiger partial charge on any atom is -0.495 e. The fourth-order valence-corrected chi connectivity index (χ4v) is 4.05. The van der Waals surface area contributed by atoms with Gasteiger partial charge in [0.15, 0.2) is 6.79 Å². The molecule has 138 valence electrons. The predicted molar refractivity (Wildman–Crippen MR) is 101 cm³/mol. The first-order chi connectivity index (χ1) is 12.7. The maximum Gasteiger partial charge on any atom is 0.189 e. The number of rotatable bonds is 4. The summed E-state index contributed by atoms with van der Waals surface area (Å²) < 4.78 is 16.6. The van der Waals surface area contributed by atoms with E-state index in [0.717, 1.165) is 54.8 Å². The van der Waals surface area contributed by atoms with E-state index in [-0.39, 0.29) is 0 Å². The molecule has 2 aliphatic heterocycles. The van der Waals surface area contributed by atoms with Crippen LogP contribution >= 0.6 is 11.6 Å². The van der Waals surface area contributed by atoms with Crippen molar-refractivity contribution in [3.05, 3.63) is 52.5 Å². The summed E-state index contributed by atoms with van der Waals surface area (Å²) in [6, 6.07) is 12.2. The van der Waals surface area contributed by atoms with Crippen LogP contribution in [0.3, 0.4) is 0 Å². The fourth-order valence-electron chi connectivity index (χ4n) is 3.79. The molecule has 6 heteroatoms. The third kappa shape index (κ3) is 3.61. The second-order valence-corrected chi connectivity index (χ2v) is 7.19. The number of fused-ring (bicyclic) bond motifs is 1. The smallest absolute Gasteiger partial charge is 0.189 e. The molecule has 0 aromatic heterocycles. The molecule has 0 amide bonds. The molecule has 1 saturated heterocycles. The Labute approximate surface area is 159 Å². The van der Waals surface area contributed by atoms with Gasteiger partial charge in [-0.2, -0.15) is 0 Å². The quantitative estimate of drug-likeness (QED) is 0.888. The van der Waals surface area contributed by atoms with Crippen LogP contribution in [-0.2, 0) is 17.9 Å². The maximum atomic E-state index is 6.29. The molecule has 0 saturated carbocycles. The number of quaternary nitrogens is 1. The van der Waals surface area contributed by atoms with Crippen molar-refractivity contribution < 1.29 is 19.1 Å². The number of nitrogens with zero attached hydrogens (tertiary/aromatic N) is 1. The summed E-state index contributed by atoms with van der Waals surface area (Å²) in [6.45, 7) is 5.94. The van der Waals surface area contributed by atoms with Crippen molar-refractivity contribution in [1.29, 1.82) is 0 Å². The molecule has 1 fully saturated rings. The highest BCUT2D eigenvalue weighted by atomic mass is 35.5. The largest absolute Gasteiger partial charge is 0.495 e. The van der Waals surface area contributed by atoms with Gasteiger partial charge in [-0.05, 0) is 24.3 Å². The highest BCUT2D eigenvalue weighted by Crippen LogP contribution is 2.31. The predicted octanol–water partition coefficient (Wildman–Crippen LogP) is 2.12. The Kier molecular flexibility index (Phi) is 5.20. The zero-order valence-corrected chi connectivity index (χ0v) is 15.7. The second-order valence-electron chi connectivity index (χ2n) is 6.75. The van der Waals surface area contributed by atoms with E-state index in [1.807, 2.05) is 24.3 Å². The molecule has 5 nitrogen and oxygen atoms in total. The first-order valence-electron chi connectivity index (χ1n) is 8.98. The van der Waals surface area contributed by atoms with E-state index in [4.69, 9.17) is 25.8 Å². The van der Waals surface area contributed by atoms with E-state index in [1.54, 1.807) is 7.11 Å². The standard InChI is InChI=1S/C20H23ClN2O3/c1-24-19-5-3-2-4-18(19)23-8-6-22(7-9-23)12-15-10-17(21)11-16-13-25-14-26-20(15)16/h2-5,10-11H,6-9,12-14H2,1H3/p+1. The molecule has 1 N–H and O–H groups in total. The van der Waals surface area contributed by atoms with Crippen molar-refractivity contribution in [1.82, 2.24) is 0 Å². The molecular weight excluding hydrogens is 352 g/mol. The number of nitrogens with one attached hydrogen (secondary N) is 1. The van der Waals surface area contributed by atoms with Crippen LogP contribution in [0.5, 0.6) is 11.5 Å². The summed E-state index contributed by atoms with van der Waals surface area (Å²) >= 11 is 6.29. The number of benzene rings is 2. The average Bonchev–Trinajstić information content (AvgIpc) is 2.68. The monoisotopic (exact) mass is 375 g/mol.